The summed E-state index contributed by atoms with van der Waals surface area (Å²) in [5.74, 6) is 0.433. The van der Waals surface area contributed by atoms with Gasteiger partial charge in [0.15, 0.2) is 5.78 Å². The highest BCUT2D eigenvalue weighted by atomic mass is 16.1. The van der Waals surface area contributed by atoms with Crippen LogP contribution in [0.1, 0.15) is 45.4 Å². The molecule has 0 N–H and O–H groups in total. The van der Waals surface area contributed by atoms with E-state index < -0.39 is 0 Å². The first kappa shape index (κ1) is 11.8. The third-order valence-electron chi connectivity index (χ3n) is 5.15. The van der Waals surface area contributed by atoms with Gasteiger partial charge in [0.05, 0.1) is 0 Å². The molecule has 0 saturated heterocycles. The van der Waals surface area contributed by atoms with E-state index >= 15 is 0 Å². The lowest BCUT2D eigenvalue weighted by molar-refractivity contribution is -0.144. The van der Waals surface area contributed by atoms with E-state index in [1.165, 1.54) is 0 Å². The summed E-state index contributed by atoms with van der Waals surface area (Å²) < 4.78 is 0. The number of carbonyl (C=O) groups is 3. The number of hydrogen-bond acceptors (Lipinski definition) is 3. The molecule has 0 amide bonds. The van der Waals surface area contributed by atoms with Crippen molar-refractivity contribution >= 4 is 17.3 Å². The number of Topliss-reactive ketones (excluding diaryl/α,β-unsaturated/α-hetero) is 2. The van der Waals surface area contributed by atoms with Crippen molar-refractivity contribution < 1.29 is 14.4 Å². The van der Waals surface area contributed by atoms with Crippen molar-refractivity contribution in [3.05, 3.63) is 11.6 Å². The molecule has 0 bridgehead atoms. The number of carbonyl (C=O) groups excluding carboxylic acids is 3. The van der Waals surface area contributed by atoms with Gasteiger partial charge in [-0.25, -0.2) is 0 Å². The van der Waals surface area contributed by atoms with E-state index in [2.05, 4.69) is 6.92 Å². The Morgan fingerprint density at radius 2 is 1.78 bits per heavy atom. The van der Waals surface area contributed by atoms with Gasteiger partial charge in [0, 0.05) is 31.1 Å². The lowest BCUT2D eigenvalue weighted by atomic mass is 9.52. The molecule has 2 saturated carbocycles. The molecule has 0 spiro atoms. The van der Waals surface area contributed by atoms with Gasteiger partial charge in [-0.2, -0.15) is 0 Å². The smallest absolute Gasteiger partial charge is 0.155 e. The Balaban J connectivity index is 2.04. The van der Waals surface area contributed by atoms with Gasteiger partial charge < -0.3 is 0 Å². The van der Waals surface area contributed by atoms with E-state index in [9.17, 15) is 14.4 Å². The van der Waals surface area contributed by atoms with Crippen molar-refractivity contribution in [1.29, 1.82) is 0 Å². The minimum Gasteiger partial charge on any atom is -0.299 e. The highest BCUT2D eigenvalue weighted by Gasteiger charge is 2.53. The Labute approximate surface area is 107 Å². The zero-order chi connectivity index (χ0) is 12.9. The number of hydrogen-bond donors (Lipinski definition) is 0. The topological polar surface area (TPSA) is 51.2 Å². The number of ketones is 3. The quantitative estimate of drug-likeness (QED) is 0.658. The van der Waals surface area contributed by atoms with Gasteiger partial charge in [-0.05, 0) is 30.8 Å². The Bertz CT molecular complexity index is 474. The van der Waals surface area contributed by atoms with Crippen LogP contribution in [0.4, 0.5) is 0 Å². The number of fused-ring (bicyclic) bond motifs is 3. The monoisotopic (exact) mass is 246 g/mol. The second-order valence-corrected chi connectivity index (χ2v) is 6.11. The predicted octanol–water partition coefficient (Wildman–Crippen LogP) is 2.24. The van der Waals surface area contributed by atoms with Crippen LogP contribution in [0.3, 0.4) is 0 Å². The van der Waals surface area contributed by atoms with Gasteiger partial charge in [0.2, 0.25) is 0 Å². The molecule has 0 heterocycles. The molecule has 0 aromatic carbocycles. The molecule has 3 aliphatic rings. The summed E-state index contributed by atoms with van der Waals surface area (Å²) in [5.41, 5.74) is 0.882. The van der Waals surface area contributed by atoms with E-state index in [0.717, 1.165) is 24.8 Å². The highest BCUT2D eigenvalue weighted by molar-refractivity contribution is 5.98. The van der Waals surface area contributed by atoms with Gasteiger partial charge in [-0.15, -0.1) is 0 Å². The summed E-state index contributed by atoms with van der Waals surface area (Å²) in [7, 11) is 0. The zero-order valence-electron chi connectivity index (χ0n) is 10.7. The maximum atomic E-state index is 12.3. The highest BCUT2D eigenvalue weighted by Crippen LogP contribution is 2.54. The van der Waals surface area contributed by atoms with Gasteiger partial charge in [-0.3, -0.25) is 14.4 Å². The lowest BCUT2D eigenvalue weighted by Crippen LogP contribution is -2.50. The molecule has 96 valence electrons. The lowest BCUT2D eigenvalue weighted by Gasteiger charge is -2.49. The maximum absolute atomic E-state index is 12.3. The van der Waals surface area contributed by atoms with E-state index in [0.29, 0.717) is 19.3 Å². The molecule has 2 fully saturated rings. The Morgan fingerprint density at radius 1 is 1.06 bits per heavy atom. The minimum absolute atomic E-state index is 0.0818. The Morgan fingerprint density at radius 3 is 2.56 bits per heavy atom. The SMILES string of the molecule is CC12CCC(=O)C=C1CCC1C(=O)CCC(=O)C12. The molecule has 18 heavy (non-hydrogen) atoms. The molecule has 0 aromatic heterocycles. The molecular weight excluding hydrogens is 228 g/mol. The van der Waals surface area contributed by atoms with Crippen LogP contribution < -0.4 is 0 Å². The van der Waals surface area contributed by atoms with Crippen molar-refractivity contribution in [2.75, 3.05) is 0 Å². The Hall–Kier alpha value is -1.25. The summed E-state index contributed by atoms with van der Waals surface area (Å²) in [4.78, 5) is 35.8. The van der Waals surface area contributed by atoms with Crippen LogP contribution in [-0.2, 0) is 14.4 Å². The number of allylic oxidation sites excluding steroid dienone is 2. The van der Waals surface area contributed by atoms with Crippen molar-refractivity contribution in [3.8, 4) is 0 Å². The molecule has 3 aliphatic carbocycles. The first-order chi connectivity index (χ1) is 8.52. The zero-order valence-corrected chi connectivity index (χ0v) is 10.7. The summed E-state index contributed by atoms with van der Waals surface area (Å²) in [6.07, 6.45) is 5.38. The largest absolute Gasteiger partial charge is 0.299 e. The average Bonchev–Trinajstić information content (AvgIpc) is 2.34. The fraction of sp³-hybridized carbons (Fsp3) is 0.667. The third-order valence-corrected chi connectivity index (χ3v) is 5.15. The Kier molecular flexibility index (Phi) is 2.54. The van der Waals surface area contributed by atoms with Crippen molar-refractivity contribution in [1.82, 2.24) is 0 Å². The van der Waals surface area contributed by atoms with Gasteiger partial charge >= 0.3 is 0 Å². The number of rotatable bonds is 0. The van der Waals surface area contributed by atoms with Crippen LogP contribution >= 0.6 is 0 Å². The first-order valence-electron chi connectivity index (χ1n) is 6.82. The van der Waals surface area contributed by atoms with Gasteiger partial charge in [0.1, 0.15) is 11.6 Å². The third kappa shape index (κ3) is 1.53. The van der Waals surface area contributed by atoms with Crippen LogP contribution in [0, 0.1) is 17.3 Å². The minimum atomic E-state index is -0.232. The predicted molar refractivity (Wildman–Crippen MR) is 65.9 cm³/mol. The fourth-order valence-corrected chi connectivity index (χ4v) is 4.12. The maximum Gasteiger partial charge on any atom is 0.155 e. The molecule has 0 aliphatic heterocycles. The summed E-state index contributed by atoms with van der Waals surface area (Å²) >= 11 is 0. The molecule has 0 aromatic rings. The molecular formula is C15H18O3. The van der Waals surface area contributed by atoms with E-state index in [4.69, 9.17) is 0 Å². The average molecular weight is 246 g/mol. The summed E-state index contributed by atoms with van der Waals surface area (Å²) in [6.45, 7) is 2.08. The van der Waals surface area contributed by atoms with Crippen LogP contribution in [-0.4, -0.2) is 17.3 Å². The van der Waals surface area contributed by atoms with Crippen LogP contribution in [0.2, 0.25) is 0 Å². The van der Waals surface area contributed by atoms with E-state index in [1.807, 2.05) is 0 Å². The van der Waals surface area contributed by atoms with Crippen molar-refractivity contribution in [2.45, 2.75) is 45.4 Å². The normalized spacial score (nSPS) is 40.1. The second kappa shape index (κ2) is 3.87. The molecule has 3 nitrogen and oxygen atoms in total. The van der Waals surface area contributed by atoms with Gasteiger partial charge in [-0.1, -0.05) is 12.5 Å². The molecule has 3 unspecified atom stereocenters. The van der Waals surface area contributed by atoms with Gasteiger partial charge in [0.25, 0.3) is 0 Å². The summed E-state index contributed by atoms with van der Waals surface area (Å²) in [5, 5.41) is 0. The summed E-state index contributed by atoms with van der Waals surface area (Å²) in [6, 6.07) is 0. The standard InChI is InChI=1S/C15H18O3/c1-15-7-6-10(16)8-9(15)2-3-11-12(17)4-5-13(18)14(11)15/h8,11,14H,2-7H2,1H3. The molecule has 3 rings (SSSR count). The first-order valence-corrected chi connectivity index (χ1v) is 6.82. The van der Waals surface area contributed by atoms with Crippen molar-refractivity contribution in [2.24, 2.45) is 17.3 Å². The van der Waals surface area contributed by atoms with Crippen molar-refractivity contribution in [3.63, 3.8) is 0 Å². The fourth-order valence-electron chi connectivity index (χ4n) is 4.12. The second-order valence-electron chi connectivity index (χ2n) is 6.11. The van der Waals surface area contributed by atoms with Crippen LogP contribution in [0.15, 0.2) is 11.6 Å². The molecule has 3 heteroatoms. The molecule has 3 atom stereocenters. The van der Waals surface area contributed by atoms with E-state index in [1.54, 1.807) is 6.08 Å². The van der Waals surface area contributed by atoms with E-state index in [-0.39, 0.29) is 34.6 Å². The van der Waals surface area contributed by atoms with Crippen LogP contribution in [0.25, 0.3) is 0 Å². The van der Waals surface area contributed by atoms with Crippen LogP contribution in [0.5, 0.6) is 0 Å². The molecule has 0 radical (unpaired) electrons.